The Morgan fingerprint density at radius 2 is 2.15 bits per heavy atom. The average molecular weight is 353 g/mol. The number of benzene rings is 1. The van der Waals surface area contributed by atoms with Gasteiger partial charge in [0.25, 0.3) is 0 Å². The first-order valence-electron chi connectivity index (χ1n) is 9.15. The number of nitrogens with one attached hydrogen (secondary N) is 2. The molecule has 0 saturated carbocycles. The summed E-state index contributed by atoms with van der Waals surface area (Å²) in [6.45, 7) is 11.4. The predicted molar refractivity (Wildman–Crippen MR) is 104 cm³/mol. The minimum Gasteiger partial charge on any atom is -0.358 e. The summed E-state index contributed by atoms with van der Waals surface area (Å²) >= 11 is 0. The number of aromatic nitrogens is 1. The smallest absolute Gasteiger partial charge is 0.225 e. The zero-order valence-corrected chi connectivity index (χ0v) is 15.8. The van der Waals surface area contributed by atoms with Gasteiger partial charge in [-0.05, 0) is 44.4 Å². The molecule has 1 atom stereocenters. The van der Waals surface area contributed by atoms with E-state index >= 15 is 0 Å². The third-order valence-corrected chi connectivity index (χ3v) is 5.32. The molecule has 1 aliphatic rings. The standard InChI is InChI=1S/C21H27N3O2/c1-5-8-24-12-16(6-7-19(24)25)21(26)22-11-17-9-13(2)10-18-14(3)15(4)23-20(17)18/h5,9-10,16,23H,1,6-8,11-12H2,2-4H3,(H,22,26). The number of likely N-dealkylation sites (tertiary alicyclic amines) is 1. The van der Waals surface area contributed by atoms with E-state index in [1.54, 1.807) is 11.0 Å². The first kappa shape index (κ1) is 18.2. The van der Waals surface area contributed by atoms with Gasteiger partial charge in [0, 0.05) is 37.1 Å². The molecule has 138 valence electrons. The highest BCUT2D eigenvalue weighted by molar-refractivity contribution is 5.88. The van der Waals surface area contributed by atoms with Crippen LogP contribution in [-0.2, 0) is 16.1 Å². The molecular weight excluding hydrogens is 326 g/mol. The maximum atomic E-state index is 12.6. The molecule has 1 aromatic carbocycles. The van der Waals surface area contributed by atoms with E-state index in [4.69, 9.17) is 0 Å². The lowest BCUT2D eigenvalue weighted by atomic mass is 9.96. The van der Waals surface area contributed by atoms with Crippen LogP contribution >= 0.6 is 0 Å². The highest BCUT2D eigenvalue weighted by Crippen LogP contribution is 2.26. The number of amides is 2. The van der Waals surface area contributed by atoms with Gasteiger partial charge in [-0.1, -0.05) is 17.7 Å². The third kappa shape index (κ3) is 3.52. The molecule has 5 heteroatoms. The number of hydrogen-bond donors (Lipinski definition) is 2. The number of carbonyl (C=O) groups excluding carboxylic acids is 2. The number of rotatable bonds is 5. The van der Waals surface area contributed by atoms with Gasteiger partial charge in [0.05, 0.1) is 11.4 Å². The fourth-order valence-corrected chi connectivity index (χ4v) is 3.72. The summed E-state index contributed by atoms with van der Waals surface area (Å²) in [6.07, 6.45) is 2.75. The summed E-state index contributed by atoms with van der Waals surface area (Å²) in [5.41, 5.74) is 5.79. The van der Waals surface area contributed by atoms with Gasteiger partial charge in [-0.3, -0.25) is 9.59 Å². The largest absolute Gasteiger partial charge is 0.358 e. The van der Waals surface area contributed by atoms with Crippen molar-refractivity contribution in [2.75, 3.05) is 13.1 Å². The first-order valence-corrected chi connectivity index (χ1v) is 9.15. The van der Waals surface area contributed by atoms with Crippen molar-refractivity contribution in [3.05, 3.63) is 47.2 Å². The fraction of sp³-hybridized carbons (Fsp3) is 0.429. The number of aryl methyl sites for hydroxylation is 3. The van der Waals surface area contributed by atoms with Crippen LogP contribution in [0.2, 0.25) is 0 Å². The SMILES string of the molecule is C=CCN1CC(C(=O)NCc2cc(C)cc3c(C)c(C)[nH]c23)CCC1=O. The maximum Gasteiger partial charge on any atom is 0.225 e. The zero-order valence-electron chi connectivity index (χ0n) is 15.8. The van der Waals surface area contributed by atoms with E-state index in [1.807, 2.05) is 0 Å². The first-order chi connectivity index (χ1) is 12.4. The predicted octanol–water partition coefficient (Wildman–Crippen LogP) is 3.13. The quantitative estimate of drug-likeness (QED) is 0.811. The van der Waals surface area contributed by atoms with Gasteiger partial charge in [0.2, 0.25) is 11.8 Å². The fourth-order valence-electron chi connectivity index (χ4n) is 3.72. The maximum absolute atomic E-state index is 12.6. The van der Waals surface area contributed by atoms with Crippen LogP contribution in [0, 0.1) is 26.7 Å². The Labute approximate surface area is 154 Å². The Bertz CT molecular complexity index is 866. The van der Waals surface area contributed by atoms with Crippen LogP contribution in [0.5, 0.6) is 0 Å². The molecule has 0 bridgehead atoms. The second-order valence-corrected chi connectivity index (χ2v) is 7.26. The average Bonchev–Trinajstić information content (AvgIpc) is 2.89. The molecule has 1 saturated heterocycles. The summed E-state index contributed by atoms with van der Waals surface area (Å²) < 4.78 is 0. The van der Waals surface area contributed by atoms with E-state index in [1.165, 1.54) is 16.5 Å². The lowest BCUT2D eigenvalue weighted by Crippen LogP contribution is -2.45. The van der Waals surface area contributed by atoms with Gasteiger partial charge >= 0.3 is 0 Å². The van der Waals surface area contributed by atoms with Crippen molar-refractivity contribution in [3.63, 3.8) is 0 Å². The Balaban J connectivity index is 1.72. The molecule has 1 aliphatic heterocycles. The van der Waals surface area contributed by atoms with E-state index in [9.17, 15) is 9.59 Å². The number of nitrogens with zero attached hydrogens (tertiary/aromatic N) is 1. The Hall–Kier alpha value is -2.56. The van der Waals surface area contributed by atoms with Crippen molar-refractivity contribution < 1.29 is 9.59 Å². The molecule has 3 rings (SSSR count). The van der Waals surface area contributed by atoms with Crippen LogP contribution in [0.25, 0.3) is 10.9 Å². The second-order valence-electron chi connectivity index (χ2n) is 7.26. The van der Waals surface area contributed by atoms with Crippen molar-refractivity contribution >= 4 is 22.7 Å². The molecule has 2 amide bonds. The van der Waals surface area contributed by atoms with Gasteiger partial charge in [0.15, 0.2) is 0 Å². The van der Waals surface area contributed by atoms with Crippen molar-refractivity contribution in [2.45, 2.75) is 40.2 Å². The lowest BCUT2D eigenvalue weighted by Gasteiger charge is -2.31. The summed E-state index contributed by atoms with van der Waals surface area (Å²) in [5, 5.41) is 4.29. The van der Waals surface area contributed by atoms with Crippen molar-refractivity contribution in [1.82, 2.24) is 15.2 Å². The van der Waals surface area contributed by atoms with Crippen LogP contribution in [0.3, 0.4) is 0 Å². The van der Waals surface area contributed by atoms with Crippen molar-refractivity contribution in [2.24, 2.45) is 5.92 Å². The summed E-state index contributed by atoms with van der Waals surface area (Å²) in [4.78, 5) is 29.7. The van der Waals surface area contributed by atoms with Gasteiger partial charge in [0.1, 0.15) is 0 Å². The molecule has 5 nitrogen and oxygen atoms in total. The number of aromatic amines is 1. The van der Waals surface area contributed by atoms with Gasteiger partial charge in [-0.25, -0.2) is 0 Å². The normalized spacial score (nSPS) is 17.6. The number of fused-ring (bicyclic) bond motifs is 1. The van der Waals surface area contributed by atoms with E-state index in [0.717, 1.165) is 16.8 Å². The minimum absolute atomic E-state index is 0.0150. The van der Waals surface area contributed by atoms with E-state index in [-0.39, 0.29) is 17.7 Å². The van der Waals surface area contributed by atoms with Gasteiger partial charge in [-0.15, -0.1) is 6.58 Å². The molecule has 0 radical (unpaired) electrons. The van der Waals surface area contributed by atoms with Crippen LogP contribution < -0.4 is 5.32 Å². The molecular formula is C21H27N3O2. The molecule has 26 heavy (non-hydrogen) atoms. The highest BCUT2D eigenvalue weighted by Gasteiger charge is 2.29. The van der Waals surface area contributed by atoms with Crippen molar-refractivity contribution in [3.8, 4) is 0 Å². The molecule has 2 N–H and O–H groups in total. The van der Waals surface area contributed by atoms with Gasteiger partial charge in [-0.2, -0.15) is 0 Å². The Morgan fingerprint density at radius 3 is 2.88 bits per heavy atom. The second kappa shape index (κ2) is 7.36. The van der Waals surface area contributed by atoms with E-state index in [0.29, 0.717) is 32.5 Å². The van der Waals surface area contributed by atoms with Crippen LogP contribution in [-0.4, -0.2) is 34.8 Å². The third-order valence-electron chi connectivity index (χ3n) is 5.32. The summed E-state index contributed by atoms with van der Waals surface area (Å²) in [5.74, 6) is -0.0343. The molecule has 1 fully saturated rings. The number of H-pyrrole nitrogens is 1. The molecule has 1 aromatic heterocycles. The minimum atomic E-state index is -0.153. The highest BCUT2D eigenvalue weighted by atomic mass is 16.2. The molecule has 1 unspecified atom stereocenters. The lowest BCUT2D eigenvalue weighted by molar-refractivity contribution is -0.137. The molecule has 2 aromatic rings. The molecule has 0 spiro atoms. The molecule has 0 aliphatic carbocycles. The number of hydrogen-bond acceptors (Lipinski definition) is 2. The van der Waals surface area contributed by atoms with Crippen LogP contribution in [0.4, 0.5) is 0 Å². The summed E-state index contributed by atoms with van der Waals surface area (Å²) in [6, 6.07) is 4.30. The Kier molecular flexibility index (Phi) is 5.16. The topological polar surface area (TPSA) is 65.2 Å². The van der Waals surface area contributed by atoms with E-state index in [2.05, 4.69) is 49.8 Å². The van der Waals surface area contributed by atoms with Crippen LogP contribution in [0.1, 0.15) is 35.2 Å². The zero-order chi connectivity index (χ0) is 18.8. The van der Waals surface area contributed by atoms with Crippen LogP contribution in [0.15, 0.2) is 24.8 Å². The van der Waals surface area contributed by atoms with Crippen molar-refractivity contribution in [1.29, 1.82) is 0 Å². The Morgan fingerprint density at radius 1 is 1.38 bits per heavy atom. The van der Waals surface area contributed by atoms with E-state index < -0.39 is 0 Å². The number of piperidine rings is 1. The molecule has 2 heterocycles. The van der Waals surface area contributed by atoms with Gasteiger partial charge < -0.3 is 15.2 Å². The monoisotopic (exact) mass is 353 g/mol. The number of carbonyl (C=O) groups is 2. The summed E-state index contributed by atoms with van der Waals surface area (Å²) in [7, 11) is 0.